The first-order valence-corrected chi connectivity index (χ1v) is 5.51. The number of carbonyl (C=O) groups excluding carboxylic acids is 1. The number of hydrogen-bond acceptors (Lipinski definition) is 2. The average molecular weight is 197 g/mol. The molecule has 1 saturated carbocycles. The Balaban J connectivity index is 2.67. The van der Waals surface area contributed by atoms with E-state index in [1.165, 1.54) is 0 Å². The van der Waals surface area contributed by atoms with Crippen molar-refractivity contribution in [2.24, 2.45) is 11.3 Å². The van der Waals surface area contributed by atoms with Crippen LogP contribution in [0, 0.1) is 11.3 Å². The van der Waals surface area contributed by atoms with Crippen LogP contribution in [-0.2, 0) is 4.79 Å². The lowest BCUT2D eigenvalue weighted by Crippen LogP contribution is -2.43. The predicted octanol–water partition coefficient (Wildman–Crippen LogP) is 2.33. The van der Waals surface area contributed by atoms with Crippen LogP contribution in [0.5, 0.6) is 0 Å². The lowest BCUT2D eigenvalue weighted by molar-refractivity contribution is -0.127. The van der Waals surface area contributed by atoms with Crippen molar-refractivity contribution in [1.29, 1.82) is 0 Å². The molecule has 0 saturated heterocycles. The van der Waals surface area contributed by atoms with Crippen molar-refractivity contribution >= 4 is 5.78 Å². The SMILES string of the molecule is CN(C)C1CC(C(C)(C)C)CCC1=O. The first-order chi connectivity index (χ1) is 6.32. The molecule has 0 aliphatic heterocycles. The van der Waals surface area contributed by atoms with Gasteiger partial charge >= 0.3 is 0 Å². The molecule has 0 aromatic heterocycles. The molecular formula is C12H23NO. The fraction of sp³-hybridized carbons (Fsp3) is 0.917. The summed E-state index contributed by atoms with van der Waals surface area (Å²) < 4.78 is 0. The molecule has 2 atom stereocenters. The van der Waals surface area contributed by atoms with E-state index in [9.17, 15) is 4.79 Å². The Morgan fingerprint density at radius 3 is 2.29 bits per heavy atom. The van der Waals surface area contributed by atoms with Gasteiger partial charge in [-0.25, -0.2) is 0 Å². The van der Waals surface area contributed by atoms with Crippen LogP contribution >= 0.6 is 0 Å². The van der Waals surface area contributed by atoms with Crippen LogP contribution in [0.15, 0.2) is 0 Å². The number of likely N-dealkylation sites (N-methyl/N-ethyl adjacent to an activating group) is 1. The summed E-state index contributed by atoms with van der Waals surface area (Å²) >= 11 is 0. The number of carbonyl (C=O) groups is 1. The van der Waals surface area contributed by atoms with E-state index in [1.54, 1.807) is 0 Å². The summed E-state index contributed by atoms with van der Waals surface area (Å²) in [5.74, 6) is 1.11. The van der Waals surface area contributed by atoms with Gasteiger partial charge in [-0.2, -0.15) is 0 Å². The number of ketones is 1. The molecule has 0 aromatic rings. The summed E-state index contributed by atoms with van der Waals surface area (Å²) in [5, 5.41) is 0. The van der Waals surface area contributed by atoms with Crippen LogP contribution in [0.2, 0.25) is 0 Å². The second-order valence-electron chi connectivity index (χ2n) is 5.78. The molecule has 0 spiro atoms. The lowest BCUT2D eigenvalue weighted by atomic mass is 9.70. The van der Waals surface area contributed by atoms with E-state index < -0.39 is 0 Å². The van der Waals surface area contributed by atoms with Crippen LogP contribution in [-0.4, -0.2) is 30.8 Å². The molecule has 1 rings (SSSR count). The van der Waals surface area contributed by atoms with Crippen molar-refractivity contribution in [1.82, 2.24) is 4.90 Å². The van der Waals surface area contributed by atoms with Crippen LogP contribution < -0.4 is 0 Å². The first kappa shape index (κ1) is 11.7. The Morgan fingerprint density at radius 1 is 1.29 bits per heavy atom. The average Bonchev–Trinajstić information content (AvgIpc) is 2.02. The van der Waals surface area contributed by atoms with Gasteiger partial charge in [-0.05, 0) is 38.3 Å². The summed E-state index contributed by atoms with van der Waals surface area (Å²) in [6.07, 6.45) is 2.88. The molecule has 1 aliphatic carbocycles. The van der Waals surface area contributed by atoms with Gasteiger partial charge in [-0.15, -0.1) is 0 Å². The van der Waals surface area contributed by atoms with Gasteiger partial charge < -0.3 is 0 Å². The van der Waals surface area contributed by atoms with Gasteiger partial charge in [-0.3, -0.25) is 9.69 Å². The topological polar surface area (TPSA) is 20.3 Å². The molecule has 1 aliphatic rings. The Morgan fingerprint density at radius 2 is 1.86 bits per heavy atom. The summed E-state index contributed by atoms with van der Waals surface area (Å²) in [5.41, 5.74) is 0.342. The third-order valence-corrected chi connectivity index (χ3v) is 3.47. The van der Waals surface area contributed by atoms with Crippen molar-refractivity contribution in [3.05, 3.63) is 0 Å². The van der Waals surface area contributed by atoms with Gasteiger partial charge in [0.05, 0.1) is 6.04 Å². The molecule has 14 heavy (non-hydrogen) atoms. The summed E-state index contributed by atoms with van der Waals surface area (Å²) in [6.45, 7) is 6.83. The highest BCUT2D eigenvalue weighted by Gasteiger charge is 2.35. The van der Waals surface area contributed by atoms with Gasteiger partial charge in [-0.1, -0.05) is 20.8 Å². The predicted molar refractivity (Wildman–Crippen MR) is 59.3 cm³/mol. The molecule has 0 radical (unpaired) electrons. The van der Waals surface area contributed by atoms with Gasteiger partial charge in [0.1, 0.15) is 5.78 Å². The van der Waals surface area contributed by atoms with Gasteiger partial charge in [0.2, 0.25) is 0 Å². The van der Waals surface area contributed by atoms with E-state index in [2.05, 4.69) is 25.7 Å². The number of rotatable bonds is 1. The van der Waals surface area contributed by atoms with Gasteiger partial charge in [0.25, 0.3) is 0 Å². The first-order valence-electron chi connectivity index (χ1n) is 5.51. The number of hydrogen-bond donors (Lipinski definition) is 0. The fourth-order valence-electron chi connectivity index (χ4n) is 2.29. The van der Waals surface area contributed by atoms with Gasteiger partial charge in [0.15, 0.2) is 0 Å². The van der Waals surface area contributed by atoms with Crippen molar-refractivity contribution in [3.63, 3.8) is 0 Å². The zero-order valence-corrected chi connectivity index (χ0v) is 10.1. The molecule has 0 amide bonds. The highest BCUT2D eigenvalue weighted by Crippen LogP contribution is 2.37. The molecule has 0 heterocycles. The maximum Gasteiger partial charge on any atom is 0.149 e. The minimum atomic E-state index is 0.160. The Bertz CT molecular complexity index is 215. The number of nitrogens with zero attached hydrogens (tertiary/aromatic N) is 1. The van der Waals surface area contributed by atoms with Gasteiger partial charge in [0, 0.05) is 6.42 Å². The summed E-state index contributed by atoms with van der Waals surface area (Å²) in [6, 6.07) is 0.160. The van der Waals surface area contributed by atoms with E-state index in [0.29, 0.717) is 17.1 Å². The minimum absolute atomic E-state index is 0.160. The summed E-state index contributed by atoms with van der Waals surface area (Å²) in [7, 11) is 4.02. The van der Waals surface area contributed by atoms with Crippen molar-refractivity contribution in [2.45, 2.75) is 46.1 Å². The zero-order valence-electron chi connectivity index (χ0n) is 10.1. The second kappa shape index (κ2) is 4.01. The van der Waals surface area contributed by atoms with Crippen molar-refractivity contribution in [2.75, 3.05) is 14.1 Å². The fourth-order valence-corrected chi connectivity index (χ4v) is 2.29. The second-order valence-corrected chi connectivity index (χ2v) is 5.78. The van der Waals surface area contributed by atoms with E-state index >= 15 is 0 Å². The van der Waals surface area contributed by atoms with Crippen molar-refractivity contribution < 1.29 is 4.79 Å². The van der Waals surface area contributed by atoms with Crippen LogP contribution in [0.1, 0.15) is 40.0 Å². The van der Waals surface area contributed by atoms with E-state index in [1.807, 2.05) is 14.1 Å². The third-order valence-electron chi connectivity index (χ3n) is 3.47. The zero-order chi connectivity index (χ0) is 10.9. The normalized spacial score (nSPS) is 29.7. The van der Waals surface area contributed by atoms with Crippen LogP contribution in [0.4, 0.5) is 0 Å². The highest BCUT2D eigenvalue weighted by molar-refractivity contribution is 5.84. The van der Waals surface area contributed by atoms with Crippen LogP contribution in [0.25, 0.3) is 0 Å². The third kappa shape index (κ3) is 2.57. The maximum absolute atomic E-state index is 11.7. The molecule has 1 fully saturated rings. The smallest absolute Gasteiger partial charge is 0.149 e. The molecule has 0 bridgehead atoms. The maximum atomic E-state index is 11.7. The molecule has 2 unspecified atom stereocenters. The summed E-state index contributed by atoms with van der Waals surface area (Å²) in [4.78, 5) is 13.7. The molecule has 2 nitrogen and oxygen atoms in total. The molecule has 82 valence electrons. The monoisotopic (exact) mass is 197 g/mol. The largest absolute Gasteiger partial charge is 0.300 e. The minimum Gasteiger partial charge on any atom is -0.300 e. The Hall–Kier alpha value is -0.370. The van der Waals surface area contributed by atoms with E-state index in [4.69, 9.17) is 0 Å². The van der Waals surface area contributed by atoms with E-state index in [-0.39, 0.29) is 6.04 Å². The van der Waals surface area contributed by atoms with E-state index in [0.717, 1.165) is 19.3 Å². The van der Waals surface area contributed by atoms with Crippen LogP contribution in [0.3, 0.4) is 0 Å². The number of Topliss-reactive ketones (excluding diaryl/α,β-unsaturated/α-hetero) is 1. The Labute approximate surface area is 87.7 Å². The molecular weight excluding hydrogens is 174 g/mol. The molecule has 2 heteroatoms. The molecule has 0 N–H and O–H groups in total. The molecule has 0 aromatic carbocycles. The Kier molecular flexibility index (Phi) is 3.36. The van der Waals surface area contributed by atoms with Crippen molar-refractivity contribution in [3.8, 4) is 0 Å². The highest BCUT2D eigenvalue weighted by atomic mass is 16.1. The lowest BCUT2D eigenvalue weighted by Gasteiger charge is -2.39. The quantitative estimate of drug-likeness (QED) is 0.643. The standard InChI is InChI=1S/C12H23NO/c1-12(2,3)9-6-7-11(14)10(8-9)13(4)5/h9-10H,6-8H2,1-5H3.